The summed E-state index contributed by atoms with van der Waals surface area (Å²) in [5.74, 6) is 5.94. The number of alkyl halides is 3. The van der Waals surface area contributed by atoms with E-state index in [0.717, 1.165) is 47.6 Å². The lowest BCUT2D eigenvalue weighted by Gasteiger charge is -2.19. The number of aryl methyl sites for hydroxylation is 1. The highest BCUT2D eigenvalue weighted by atomic mass is 32.2. The van der Waals surface area contributed by atoms with Gasteiger partial charge in [0.15, 0.2) is 0 Å². The van der Waals surface area contributed by atoms with Crippen LogP contribution < -0.4 is 30.3 Å². The van der Waals surface area contributed by atoms with Crippen LogP contribution in [-0.4, -0.2) is 92.9 Å². The molecule has 5 N–H and O–H groups in total. The van der Waals surface area contributed by atoms with E-state index in [9.17, 15) is 37.1 Å². The molecule has 0 bridgehead atoms. The van der Waals surface area contributed by atoms with Gasteiger partial charge in [-0.2, -0.15) is 18.3 Å². The summed E-state index contributed by atoms with van der Waals surface area (Å²) in [6, 6.07) is 22.3. The van der Waals surface area contributed by atoms with E-state index in [1.54, 1.807) is 60.0 Å². The Morgan fingerprint density at radius 1 is 1.00 bits per heavy atom. The van der Waals surface area contributed by atoms with Crippen molar-refractivity contribution in [2.24, 2.45) is 0 Å². The van der Waals surface area contributed by atoms with E-state index in [2.05, 4.69) is 60.2 Å². The van der Waals surface area contributed by atoms with Gasteiger partial charge in [-0.25, -0.2) is 9.37 Å². The first kappa shape index (κ1) is 50.7. The molecule has 0 radical (unpaired) electrons. The molecule has 0 fully saturated rings. The van der Waals surface area contributed by atoms with Gasteiger partial charge in [-0.15, -0.1) is 16.9 Å². The lowest BCUT2D eigenvalue weighted by atomic mass is 10.1. The number of rotatable bonds is 21. The van der Waals surface area contributed by atoms with Gasteiger partial charge in [-0.05, 0) is 84.3 Å². The van der Waals surface area contributed by atoms with E-state index in [-0.39, 0.29) is 43.0 Å². The van der Waals surface area contributed by atoms with Gasteiger partial charge in [0.05, 0.1) is 29.6 Å². The number of hydrogen-bond donors (Lipinski definition) is 5. The summed E-state index contributed by atoms with van der Waals surface area (Å²) in [6.45, 7) is 1.25. The highest BCUT2D eigenvalue weighted by Crippen LogP contribution is 2.33. The topological polar surface area (TPSA) is 189 Å². The Morgan fingerprint density at radius 2 is 1.81 bits per heavy atom. The highest BCUT2D eigenvalue weighted by molar-refractivity contribution is 7.99. The van der Waals surface area contributed by atoms with Gasteiger partial charge in [0, 0.05) is 68.3 Å². The van der Waals surface area contributed by atoms with Gasteiger partial charge in [0.25, 0.3) is 17.7 Å². The molecule has 0 saturated heterocycles. The second kappa shape index (κ2) is 24.4. The lowest BCUT2D eigenvalue weighted by molar-refractivity contribution is -0.140. The Morgan fingerprint density at radius 3 is 2.63 bits per heavy atom. The fourth-order valence-corrected chi connectivity index (χ4v) is 8.19. The van der Waals surface area contributed by atoms with Gasteiger partial charge < -0.3 is 35.4 Å². The number of nitrogens with one attached hydrogen (secondary N) is 4. The number of anilines is 1. The van der Waals surface area contributed by atoms with Gasteiger partial charge in [-0.1, -0.05) is 48.6 Å². The van der Waals surface area contributed by atoms with E-state index in [0.29, 0.717) is 78.7 Å². The summed E-state index contributed by atoms with van der Waals surface area (Å²) < 4.78 is 66.7. The largest absolute Gasteiger partial charge is 0.489 e. The number of amides is 3. The maximum atomic E-state index is 13.7. The zero-order valence-corrected chi connectivity index (χ0v) is 39.0. The zero-order valence-electron chi connectivity index (χ0n) is 38.2. The van der Waals surface area contributed by atoms with E-state index in [1.165, 1.54) is 17.2 Å². The van der Waals surface area contributed by atoms with Gasteiger partial charge in [0.2, 0.25) is 5.82 Å². The van der Waals surface area contributed by atoms with Crippen molar-refractivity contribution in [2.75, 3.05) is 44.0 Å². The third kappa shape index (κ3) is 14.2. The number of ether oxygens (including phenoxy) is 2. The second-order valence-electron chi connectivity index (χ2n) is 16.2. The fourth-order valence-electron chi connectivity index (χ4n) is 7.28. The first-order valence-corrected chi connectivity index (χ1v) is 23.5. The van der Waals surface area contributed by atoms with E-state index in [4.69, 9.17) is 9.47 Å². The molecule has 0 aliphatic carbocycles. The number of hydrogen-bond acceptors (Lipinski definition) is 11. The smallest absolute Gasteiger partial charge is 0.419 e. The molecule has 0 unspecified atom stereocenters. The molecule has 7 rings (SSSR count). The predicted molar refractivity (Wildman–Crippen MR) is 254 cm³/mol. The number of aliphatic hydroxyl groups is 1. The Hall–Kier alpha value is -7.21. The summed E-state index contributed by atoms with van der Waals surface area (Å²) in [5, 5.41) is 29.1. The van der Waals surface area contributed by atoms with Gasteiger partial charge in [-0.3, -0.25) is 24.2 Å². The molecular weight excluding hydrogens is 931 g/mol. The lowest BCUT2D eigenvalue weighted by Crippen LogP contribution is -2.49. The molecule has 1 aliphatic heterocycles. The Balaban J connectivity index is 0.773. The molecule has 3 amide bonds. The molecule has 4 aromatic carbocycles. The van der Waals surface area contributed by atoms with Crippen molar-refractivity contribution >= 4 is 35.2 Å². The third-order valence-corrected chi connectivity index (χ3v) is 12.1. The molecule has 2 aromatic heterocycles. The fraction of sp³-hybridized carbons (Fsp3) is 0.320. The molecule has 70 heavy (non-hydrogen) atoms. The number of fused-ring (bicyclic) bond motifs is 1. The van der Waals surface area contributed by atoms with Crippen LogP contribution in [0.15, 0.2) is 102 Å². The number of carbonyl (C=O) groups is 3. The third-order valence-electron chi connectivity index (χ3n) is 11.0. The molecule has 1 aliphatic rings. The Labute approximate surface area is 405 Å². The monoisotopic (exact) mass is 981 g/mol. The molecular formula is C50H51F4N9O6S. The van der Waals surface area contributed by atoms with Crippen LogP contribution in [-0.2, 0) is 37.1 Å². The van der Waals surface area contributed by atoms with Crippen LogP contribution in [0, 0.1) is 17.7 Å². The number of thioether (sulfide) groups is 1. The minimum atomic E-state index is -4.83. The number of nitrogens with zero attached hydrogens (tertiary/aromatic N) is 5. The second-order valence-corrected chi connectivity index (χ2v) is 17.3. The van der Waals surface area contributed by atoms with E-state index < -0.39 is 29.5 Å². The minimum Gasteiger partial charge on any atom is -0.489 e. The van der Waals surface area contributed by atoms with Crippen molar-refractivity contribution in [3.05, 3.63) is 148 Å². The molecule has 6 aromatic rings. The molecule has 0 saturated carbocycles. The Kier molecular flexibility index (Phi) is 17.6. The zero-order chi connectivity index (χ0) is 49.5. The number of aliphatic hydroxyl groups excluding tert-OH is 1. The molecule has 0 spiro atoms. The number of likely N-dealkylation sites (N-methyl/N-ethyl adjacent to an activating group) is 1. The van der Waals surface area contributed by atoms with Crippen molar-refractivity contribution in [1.29, 1.82) is 0 Å². The summed E-state index contributed by atoms with van der Waals surface area (Å²) in [6.07, 6.45) is 2.12. The van der Waals surface area contributed by atoms with Crippen LogP contribution in [0.25, 0.3) is 0 Å². The SMILES string of the molecule is CN1C(=O)[C@@H](NC(=O)c2n[nH]c(Cc3ccc(SCCCCCn4cc(C(=O)NCCC#Cc5ccc(OCc6ccc(F)c(C(F)(F)F)c6)c(CNCCO)c5)cn4)cc3)n2)COc2ccccc21. The minimum absolute atomic E-state index is 0.0164. The Bertz CT molecular complexity index is 2810. The molecule has 3 heterocycles. The van der Waals surface area contributed by atoms with Crippen molar-refractivity contribution in [1.82, 2.24) is 40.9 Å². The number of aromatic nitrogens is 5. The quantitative estimate of drug-likeness (QED) is 0.0224. The molecule has 20 heteroatoms. The summed E-state index contributed by atoms with van der Waals surface area (Å²) in [4.78, 5) is 45.7. The van der Waals surface area contributed by atoms with Crippen molar-refractivity contribution in [3.8, 4) is 23.3 Å². The summed E-state index contributed by atoms with van der Waals surface area (Å²) in [5.41, 5.74) is 2.17. The van der Waals surface area contributed by atoms with Crippen LogP contribution in [0.5, 0.6) is 11.5 Å². The number of para-hydroxylation sites is 2. The first-order chi connectivity index (χ1) is 33.8. The van der Waals surface area contributed by atoms with Crippen molar-refractivity contribution < 1.29 is 46.5 Å². The van der Waals surface area contributed by atoms with Crippen LogP contribution in [0.1, 0.15) is 80.3 Å². The average Bonchev–Trinajstić information content (AvgIpc) is 4.02. The maximum absolute atomic E-state index is 13.7. The number of aromatic amines is 1. The van der Waals surface area contributed by atoms with Crippen molar-refractivity contribution in [3.63, 3.8) is 0 Å². The van der Waals surface area contributed by atoms with Gasteiger partial charge in [0.1, 0.15) is 42.4 Å². The normalized spacial score (nSPS) is 13.4. The van der Waals surface area contributed by atoms with E-state index >= 15 is 0 Å². The average molecular weight is 982 g/mol. The number of H-pyrrole nitrogens is 1. The molecule has 1 atom stereocenters. The molecule has 15 nitrogen and oxygen atoms in total. The molecule has 366 valence electrons. The number of benzene rings is 4. The number of carbonyl (C=O) groups excluding carboxylic acids is 3. The van der Waals surface area contributed by atoms with Crippen LogP contribution in [0.3, 0.4) is 0 Å². The predicted octanol–water partition coefficient (Wildman–Crippen LogP) is 6.70. The number of unbranched alkanes of at least 4 members (excludes halogenated alkanes) is 2. The standard InChI is InChI=1S/C50H51F4N9O6S/c1-62-42-10-3-4-11-44(42)69-32-41(49(62)67)58-48(66)46-59-45(60-61-46)27-34-12-16-38(17-13-34)70-24-8-2-7-22-63-30-37(29-57-63)47(65)56-20-6-5-9-33-15-19-43(36(25-33)28-55-21-23-64)68-31-35-14-18-40(51)39(26-35)50(52,53)54/h3-4,10-19,25-26,29-30,41,55,64H,2,6-8,20-24,27-28,31-32H2,1H3,(H,56,65)(H,58,66)(H,59,60,61)/t41-/m0/s1. The van der Waals surface area contributed by atoms with Gasteiger partial charge >= 0.3 is 6.18 Å². The highest BCUT2D eigenvalue weighted by Gasteiger charge is 2.34. The maximum Gasteiger partial charge on any atom is 0.419 e. The van der Waals surface area contributed by atoms with Crippen LogP contribution >= 0.6 is 11.8 Å². The summed E-state index contributed by atoms with van der Waals surface area (Å²) >= 11 is 1.76. The van der Waals surface area contributed by atoms with Crippen molar-refractivity contribution in [2.45, 2.75) is 68.9 Å². The van der Waals surface area contributed by atoms with E-state index in [1.807, 2.05) is 24.3 Å². The van der Waals surface area contributed by atoms with Crippen LogP contribution in [0.4, 0.5) is 23.2 Å². The summed E-state index contributed by atoms with van der Waals surface area (Å²) in [7, 11) is 1.64. The number of halogens is 4. The van der Waals surface area contributed by atoms with Crippen LogP contribution in [0.2, 0.25) is 0 Å². The first-order valence-electron chi connectivity index (χ1n) is 22.5.